The normalized spacial score (nSPS) is 10.2. The van der Waals surface area contributed by atoms with Crippen LogP contribution in [0.15, 0.2) is 10.7 Å². The van der Waals surface area contributed by atoms with Gasteiger partial charge in [0.05, 0.1) is 10.9 Å². The number of carboxylic acids is 1. The molecule has 0 unspecified atom stereocenters. The SMILES string of the molecule is N#Cc1ncc(CC(=O)O)c(C(F)F)c1Br. The van der Waals surface area contributed by atoms with Crippen molar-refractivity contribution >= 4 is 21.9 Å². The minimum atomic E-state index is -2.86. The highest BCUT2D eigenvalue weighted by molar-refractivity contribution is 9.10. The number of carbonyl (C=O) groups is 1. The van der Waals surface area contributed by atoms with Crippen LogP contribution in [0.4, 0.5) is 8.78 Å². The molecule has 1 aromatic rings. The molecule has 0 aromatic carbocycles. The first-order valence-electron chi connectivity index (χ1n) is 4.04. The van der Waals surface area contributed by atoms with Crippen molar-refractivity contribution in [1.29, 1.82) is 5.26 Å². The summed E-state index contributed by atoms with van der Waals surface area (Å²) in [7, 11) is 0. The Hall–Kier alpha value is -1.55. The average molecular weight is 291 g/mol. The van der Waals surface area contributed by atoms with Gasteiger partial charge in [0.1, 0.15) is 6.07 Å². The van der Waals surface area contributed by atoms with Crippen molar-refractivity contribution in [1.82, 2.24) is 4.98 Å². The third-order valence-electron chi connectivity index (χ3n) is 1.81. The zero-order valence-electron chi connectivity index (χ0n) is 7.75. The Kier molecular flexibility index (Phi) is 3.90. The van der Waals surface area contributed by atoms with E-state index in [0.717, 1.165) is 6.20 Å². The molecule has 0 radical (unpaired) electrons. The molecule has 0 aliphatic rings. The van der Waals surface area contributed by atoms with Gasteiger partial charge in [-0.05, 0) is 21.5 Å². The zero-order chi connectivity index (χ0) is 12.3. The molecule has 1 heterocycles. The highest BCUT2D eigenvalue weighted by atomic mass is 79.9. The van der Waals surface area contributed by atoms with E-state index in [1.165, 1.54) is 0 Å². The molecular formula is C9H5BrF2N2O2. The number of aliphatic carboxylic acids is 1. The van der Waals surface area contributed by atoms with Crippen molar-refractivity contribution < 1.29 is 18.7 Å². The van der Waals surface area contributed by atoms with Crippen molar-refractivity contribution in [2.75, 3.05) is 0 Å². The van der Waals surface area contributed by atoms with Crippen molar-refractivity contribution in [2.45, 2.75) is 12.8 Å². The van der Waals surface area contributed by atoms with E-state index in [1.807, 2.05) is 0 Å². The summed E-state index contributed by atoms with van der Waals surface area (Å²) in [5.74, 6) is -1.24. The lowest BCUT2D eigenvalue weighted by molar-refractivity contribution is -0.136. The smallest absolute Gasteiger partial charge is 0.307 e. The third-order valence-corrected chi connectivity index (χ3v) is 2.61. The van der Waals surface area contributed by atoms with Gasteiger partial charge in [0.2, 0.25) is 0 Å². The van der Waals surface area contributed by atoms with Gasteiger partial charge in [0.15, 0.2) is 5.69 Å². The summed E-state index contributed by atoms with van der Waals surface area (Å²) < 4.78 is 25.2. The number of alkyl halides is 2. The number of pyridine rings is 1. The second-order valence-electron chi connectivity index (χ2n) is 2.84. The van der Waals surface area contributed by atoms with Crippen LogP contribution < -0.4 is 0 Å². The topological polar surface area (TPSA) is 74.0 Å². The number of nitriles is 1. The van der Waals surface area contributed by atoms with E-state index in [9.17, 15) is 13.6 Å². The predicted octanol–water partition coefficient (Wildman–Crippen LogP) is 2.28. The van der Waals surface area contributed by atoms with Gasteiger partial charge in [-0.3, -0.25) is 4.79 Å². The van der Waals surface area contributed by atoms with Gasteiger partial charge in [-0.1, -0.05) is 0 Å². The number of aromatic nitrogens is 1. The monoisotopic (exact) mass is 290 g/mol. The molecule has 1 rings (SSSR count). The molecule has 0 saturated carbocycles. The lowest BCUT2D eigenvalue weighted by atomic mass is 10.1. The van der Waals surface area contributed by atoms with Crippen LogP contribution in [0, 0.1) is 11.3 Å². The van der Waals surface area contributed by atoms with Crippen molar-refractivity contribution in [3.63, 3.8) is 0 Å². The van der Waals surface area contributed by atoms with E-state index in [4.69, 9.17) is 10.4 Å². The second-order valence-corrected chi connectivity index (χ2v) is 3.64. The molecule has 16 heavy (non-hydrogen) atoms. The fourth-order valence-electron chi connectivity index (χ4n) is 1.15. The molecule has 0 amide bonds. The first kappa shape index (κ1) is 12.5. The van der Waals surface area contributed by atoms with Gasteiger partial charge in [-0.2, -0.15) is 5.26 Å². The molecule has 0 saturated heterocycles. The molecule has 84 valence electrons. The van der Waals surface area contributed by atoms with E-state index >= 15 is 0 Å². The highest BCUT2D eigenvalue weighted by Crippen LogP contribution is 2.32. The number of rotatable bonds is 3. The summed E-state index contributed by atoms with van der Waals surface area (Å²) in [4.78, 5) is 14.0. The van der Waals surface area contributed by atoms with Crippen LogP contribution in [0.25, 0.3) is 0 Å². The van der Waals surface area contributed by atoms with Gasteiger partial charge in [0.25, 0.3) is 6.43 Å². The van der Waals surface area contributed by atoms with Crippen LogP contribution in [0.1, 0.15) is 23.2 Å². The van der Waals surface area contributed by atoms with Crippen molar-refractivity contribution in [3.8, 4) is 6.07 Å². The molecule has 0 fully saturated rings. The summed E-state index contributed by atoms with van der Waals surface area (Å²) in [6.07, 6.45) is -2.44. The Morgan fingerprint density at radius 2 is 2.31 bits per heavy atom. The standard InChI is InChI=1S/C9H5BrF2N2O2/c10-8-5(2-13)14-3-4(1-6(15)16)7(8)9(11)12/h3,9H,1H2,(H,15,16). The maximum absolute atomic E-state index is 12.7. The van der Waals surface area contributed by atoms with Gasteiger partial charge < -0.3 is 5.11 Å². The molecular weight excluding hydrogens is 286 g/mol. The maximum Gasteiger partial charge on any atom is 0.307 e. The molecule has 0 bridgehead atoms. The molecule has 1 N–H and O–H groups in total. The molecule has 0 spiro atoms. The summed E-state index contributed by atoms with van der Waals surface area (Å²) in [5, 5.41) is 17.1. The lowest BCUT2D eigenvalue weighted by Crippen LogP contribution is -2.07. The van der Waals surface area contributed by atoms with E-state index in [1.54, 1.807) is 6.07 Å². The summed E-state index contributed by atoms with van der Waals surface area (Å²) in [6, 6.07) is 1.63. The Balaban J connectivity index is 3.35. The van der Waals surface area contributed by atoms with E-state index in [0.29, 0.717) is 0 Å². The fourth-order valence-corrected chi connectivity index (χ4v) is 1.77. The number of halogens is 3. The molecule has 1 aromatic heterocycles. The Bertz CT molecular complexity index is 471. The minimum Gasteiger partial charge on any atom is -0.481 e. The van der Waals surface area contributed by atoms with Crippen LogP contribution in [-0.4, -0.2) is 16.1 Å². The Labute approximate surface area is 97.7 Å². The van der Waals surface area contributed by atoms with E-state index < -0.39 is 24.4 Å². The fraction of sp³-hybridized carbons (Fsp3) is 0.222. The first-order chi connectivity index (χ1) is 7.47. The maximum atomic E-state index is 12.7. The van der Waals surface area contributed by atoms with Gasteiger partial charge in [-0.15, -0.1) is 0 Å². The molecule has 0 aliphatic carbocycles. The summed E-state index contributed by atoms with van der Waals surface area (Å²) >= 11 is 2.82. The molecule has 0 aliphatic heterocycles. The third kappa shape index (κ3) is 2.52. The van der Waals surface area contributed by atoms with Crippen molar-refractivity contribution in [3.05, 3.63) is 27.5 Å². The van der Waals surface area contributed by atoms with Gasteiger partial charge >= 0.3 is 5.97 Å². The van der Waals surface area contributed by atoms with E-state index in [2.05, 4.69) is 20.9 Å². The molecule has 4 nitrogen and oxygen atoms in total. The number of hydrogen-bond donors (Lipinski definition) is 1. The zero-order valence-corrected chi connectivity index (χ0v) is 9.33. The first-order valence-corrected chi connectivity index (χ1v) is 4.84. The molecule has 7 heteroatoms. The van der Waals surface area contributed by atoms with Crippen LogP contribution in [0.5, 0.6) is 0 Å². The number of hydrogen-bond acceptors (Lipinski definition) is 3. The van der Waals surface area contributed by atoms with Crippen molar-refractivity contribution in [2.24, 2.45) is 0 Å². The van der Waals surface area contributed by atoms with Crippen LogP contribution in [0.2, 0.25) is 0 Å². The predicted molar refractivity (Wildman–Crippen MR) is 52.9 cm³/mol. The Morgan fingerprint density at radius 1 is 1.69 bits per heavy atom. The van der Waals surface area contributed by atoms with Crippen LogP contribution in [-0.2, 0) is 11.2 Å². The number of nitrogens with zero attached hydrogens (tertiary/aromatic N) is 2. The van der Waals surface area contributed by atoms with E-state index in [-0.39, 0.29) is 15.7 Å². The minimum absolute atomic E-state index is 0.103. The van der Waals surface area contributed by atoms with Crippen LogP contribution in [0.3, 0.4) is 0 Å². The average Bonchev–Trinajstić information content (AvgIpc) is 2.16. The molecule has 0 atom stereocenters. The van der Waals surface area contributed by atoms with Crippen LogP contribution >= 0.6 is 15.9 Å². The Morgan fingerprint density at radius 3 is 2.75 bits per heavy atom. The highest BCUT2D eigenvalue weighted by Gasteiger charge is 2.21. The lowest BCUT2D eigenvalue weighted by Gasteiger charge is -2.09. The van der Waals surface area contributed by atoms with Gasteiger partial charge in [-0.25, -0.2) is 13.8 Å². The number of carboxylic acid groups (broad SMARTS) is 1. The second kappa shape index (κ2) is 4.99. The quantitative estimate of drug-likeness (QED) is 0.927. The largest absolute Gasteiger partial charge is 0.481 e. The summed E-state index contributed by atoms with van der Waals surface area (Å²) in [5.41, 5.74) is -0.785. The summed E-state index contributed by atoms with van der Waals surface area (Å²) in [6.45, 7) is 0. The van der Waals surface area contributed by atoms with Gasteiger partial charge in [0, 0.05) is 11.8 Å².